The van der Waals surface area contributed by atoms with E-state index in [1.165, 1.54) is 19.2 Å². The Morgan fingerprint density at radius 1 is 1.43 bits per heavy atom. The Morgan fingerprint density at radius 2 is 2.09 bits per heavy atom. The molecule has 126 valence electrons. The van der Waals surface area contributed by atoms with Gasteiger partial charge in [-0.3, -0.25) is 9.59 Å². The highest BCUT2D eigenvalue weighted by atomic mass is 32.2. The van der Waals surface area contributed by atoms with Crippen LogP contribution in [0, 0.1) is 6.92 Å². The number of fused-ring (bicyclic) bond motifs is 1. The number of rotatable bonds is 5. The molecule has 1 aliphatic rings. The summed E-state index contributed by atoms with van der Waals surface area (Å²) >= 11 is 0. The van der Waals surface area contributed by atoms with Gasteiger partial charge in [0.25, 0.3) is 5.91 Å². The fraction of sp³-hybridized carbons (Fsp3) is 0.429. The number of carboxylic acids is 1. The zero-order valence-corrected chi connectivity index (χ0v) is 13.8. The van der Waals surface area contributed by atoms with Crippen LogP contribution in [0.1, 0.15) is 18.9 Å². The number of anilines is 1. The molecule has 2 N–H and O–H groups in total. The number of carbonyl (C=O) groups excluding carboxylic acids is 1. The maximum absolute atomic E-state index is 12.5. The van der Waals surface area contributed by atoms with Crippen molar-refractivity contribution in [1.29, 1.82) is 0 Å². The van der Waals surface area contributed by atoms with Crippen molar-refractivity contribution in [3.05, 3.63) is 17.7 Å². The van der Waals surface area contributed by atoms with Crippen LogP contribution in [-0.4, -0.2) is 49.4 Å². The zero-order valence-electron chi connectivity index (χ0n) is 13.0. The van der Waals surface area contributed by atoms with E-state index < -0.39 is 28.6 Å². The van der Waals surface area contributed by atoms with Gasteiger partial charge in [0.1, 0.15) is 12.3 Å². The summed E-state index contributed by atoms with van der Waals surface area (Å²) in [5, 5.41) is 11.4. The highest BCUT2D eigenvalue weighted by Crippen LogP contribution is 2.35. The summed E-state index contributed by atoms with van der Waals surface area (Å²) in [6, 6.07) is 2.82. The summed E-state index contributed by atoms with van der Waals surface area (Å²) in [7, 11) is -2.78. The van der Waals surface area contributed by atoms with E-state index in [0.29, 0.717) is 17.7 Å². The number of carboxylic acid groups (broad SMARTS) is 1. The van der Waals surface area contributed by atoms with Crippen LogP contribution < -0.4 is 10.1 Å². The molecule has 1 atom stereocenters. The first-order valence-electron chi connectivity index (χ1n) is 6.97. The monoisotopic (exact) mass is 342 g/mol. The molecule has 1 aromatic rings. The largest absolute Gasteiger partial charge is 0.480 e. The van der Waals surface area contributed by atoms with Gasteiger partial charge in [0.05, 0.1) is 10.6 Å². The van der Waals surface area contributed by atoms with Gasteiger partial charge in [0, 0.05) is 13.1 Å². The molecule has 1 unspecified atom stereocenters. The van der Waals surface area contributed by atoms with Gasteiger partial charge in [-0.15, -0.1) is 0 Å². The van der Waals surface area contributed by atoms with E-state index >= 15 is 0 Å². The van der Waals surface area contributed by atoms with E-state index in [0.717, 1.165) is 4.31 Å². The third kappa shape index (κ3) is 3.30. The van der Waals surface area contributed by atoms with E-state index in [1.54, 1.807) is 13.8 Å². The first-order valence-corrected chi connectivity index (χ1v) is 8.41. The lowest BCUT2D eigenvalue weighted by Gasteiger charge is -2.26. The highest BCUT2D eigenvalue weighted by Gasteiger charge is 2.30. The molecular weight excluding hydrogens is 324 g/mol. The van der Waals surface area contributed by atoms with Gasteiger partial charge in [-0.05, 0) is 25.0 Å². The smallest absolute Gasteiger partial charge is 0.318 e. The number of ether oxygens (including phenoxy) is 1. The van der Waals surface area contributed by atoms with Crippen molar-refractivity contribution < 1.29 is 27.9 Å². The molecular formula is C14H18N2O6S. The average molecular weight is 342 g/mol. The second kappa shape index (κ2) is 6.17. The quantitative estimate of drug-likeness (QED) is 0.819. The lowest BCUT2D eigenvalue weighted by atomic mass is 10.1. The van der Waals surface area contributed by atoms with Crippen LogP contribution in [0.4, 0.5) is 5.69 Å². The van der Waals surface area contributed by atoms with Gasteiger partial charge in [-0.1, -0.05) is 6.92 Å². The van der Waals surface area contributed by atoms with E-state index in [-0.39, 0.29) is 16.6 Å². The second-order valence-electron chi connectivity index (χ2n) is 5.27. The van der Waals surface area contributed by atoms with Crippen molar-refractivity contribution in [2.24, 2.45) is 0 Å². The van der Waals surface area contributed by atoms with Crippen LogP contribution in [-0.2, 0) is 19.6 Å². The summed E-state index contributed by atoms with van der Waals surface area (Å²) in [4.78, 5) is 22.5. The Labute approximate surface area is 134 Å². The van der Waals surface area contributed by atoms with E-state index in [1.807, 2.05) is 0 Å². The molecule has 9 heteroatoms. The first kappa shape index (κ1) is 17.2. The number of nitrogens with one attached hydrogen (secondary N) is 1. The van der Waals surface area contributed by atoms with Gasteiger partial charge in [-0.25, -0.2) is 8.42 Å². The number of sulfonamides is 1. The molecule has 1 amide bonds. The molecule has 0 aromatic heterocycles. The van der Waals surface area contributed by atoms with Crippen molar-refractivity contribution >= 4 is 27.6 Å². The maximum Gasteiger partial charge on any atom is 0.318 e. The highest BCUT2D eigenvalue weighted by molar-refractivity contribution is 7.89. The number of nitrogens with zero attached hydrogens (tertiary/aromatic N) is 1. The first-order chi connectivity index (χ1) is 10.7. The normalized spacial score (nSPS) is 17.4. The average Bonchev–Trinajstić information content (AvgIpc) is 2.45. The van der Waals surface area contributed by atoms with E-state index in [4.69, 9.17) is 9.84 Å². The Hall–Kier alpha value is -2.13. The summed E-state index contributed by atoms with van der Waals surface area (Å²) in [5.41, 5.74) is 0.789. The Bertz CT molecular complexity index is 759. The summed E-state index contributed by atoms with van der Waals surface area (Å²) < 4.78 is 31.3. The number of carbonyl (C=O) groups is 2. The molecule has 8 nitrogen and oxygen atoms in total. The van der Waals surface area contributed by atoms with Crippen molar-refractivity contribution in [3.63, 3.8) is 0 Å². The van der Waals surface area contributed by atoms with Crippen LogP contribution >= 0.6 is 0 Å². The predicted molar refractivity (Wildman–Crippen MR) is 82.0 cm³/mol. The third-order valence-electron chi connectivity index (χ3n) is 3.51. The Morgan fingerprint density at radius 3 is 2.65 bits per heavy atom. The standard InChI is InChI=1S/C14H18N2O6S/c1-4-10-14(19)15-9-5-8(2)12(6-11(9)22-10)23(20,21)16(3)7-13(17)18/h5-6,10H,4,7H2,1-3H3,(H,15,19)(H,17,18). The Balaban J connectivity index is 2.46. The van der Waals surface area contributed by atoms with Gasteiger partial charge in [0.2, 0.25) is 10.0 Å². The molecule has 23 heavy (non-hydrogen) atoms. The van der Waals surface area contributed by atoms with Gasteiger partial charge >= 0.3 is 5.97 Å². The molecule has 0 saturated carbocycles. The zero-order chi connectivity index (χ0) is 17.4. The minimum atomic E-state index is -3.98. The van der Waals surface area contributed by atoms with E-state index in [2.05, 4.69) is 5.32 Å². The topological polar surface area (TPSA) is 113 Å². The number of hydrogen-bond donors (Lipinski definition) is 2. The predicted octanol–water partition coefficient (Wildman–Crippen LogP) is 0.810. The van der Waals surface area contributed by atoms with Crippen molar-refractivity contribution in [1.82, 2.24) is 4.31 Å². The van der Waals surface area contributed by atoms with Gasteiger partial charge in [0.15, 0.2) is 6.10 Å². The fourth-order valence-corrected chi connectivity index (χ4v) is 3.61. The molecule has 1 aromatic carbocycles. The molecule has 0 saturated heterocycles. The molecule has 0 fully saturated rings. The molecule has 0 radical (unpaired) electrons. The lowest BCUT2D eigenvalue weighted by molar-refractivity contribution is -0.137. The van der Waals surface area contributed by atoms with Crippen LogP contribution in [0.3, 0.4) is 0 Å². The Kier molecular flexibility index (Phi) is 4.62. The van der Waals surface area contributed by atoms with Crippen LogP contribution in [0.15, 0.2) is 17.0 Å². The van der Waals surface area contributed by atoms with Gasteiger partial charge in [-0.2, -0.15) is 4.31 Å². The lowest BCUT2D eigenvalue weighted by Crippen LogP contribution is -2.37. The summed E-state index contributed by atoms with van der Waals surface area (Å²) in [5.74, 6) is -1.27. The molecule has 0 bridgehead atoms. The summed E-state index contributed by atoms with van der Waals surface area (Å²) in [6.07, 6.45) is -0.238. The van der Waals surface area contributed by atoms with Crippen molar-refractivity contribution in [2.75, 3.05) is 18.9 Å². The fourth-order valence-electron chi connectivity index (χ4n) is 2.27. The van der Waals surface area contributed by atoms with Crippen molar-refractivity contribution in [2.45, 2.75) is 31.3 Å². The number of aliphatic carboxylic acids is 1. The molecule has 0 spiro atoms. The minimum Gasteiger partial charge on any atom is -0.480 e. The number of hydrogen-bond acceptors (Lipinski definition) is 5. The van der Waals surface area contributed by atoms with Crippen LogP contribution in [0.2, 0.25) is 0 Å². The summed E-state index contributed by atoms with van der Waals surface area (Å²) in [6.45, 7) is 2.70. The van der Waals surface area contributed by atoms with E-state index in [9.17, 15) is 18.0 Å². The number of likely N-dealkylation sites (N-methyl/N-ethyl adjacent to an activating group) is 1. The van der Waals surface area contributed by atoms with Crippen LogP contribution in [0.5, 0.6) is 5.75 Å². The molecule has 1 heterocycles. The SMILES string of the molecule is CCC1Oc2cc(S(=O)(=O)N(C)CC(=O)O)c(C)cc2NC1=O. The molecule has 1 aliphatic heterocycles. The number of benzene rings is 1. The maximum atomic E-state index is 12.5. The number of amides is 1. The number of aryl methyl sites for hydroxylation is 1. The van der Waals surface area contributed by atoms with Crippen LogP contribution in [0.25, 0.3) is 0 Å². The second-order valence-corrected chi connectivity index (χ2v) is 7.29. The third-order valence-corrected chi connectivity index (χ3v) is 5.46. The van der Waals surface area contributed by atoms with Gasteiger partial charge < -0.3 is 15.2 Å². The molecule has 2 rings (SSSR count). The minimum absolute atomic E-state index is 0.0500. The van der Waals surface area contributed by atoms with Crippen molar-refractivity contribution in [3.8, 4) is 5.75 Å². The molecule has 0 aliphatic carbocycles.